The molecule has 0 N–H and O–H groups in total. The van der Waals surface area contributed by atoms with Crippen molar-refractivity contribution < 1.29 is 4.11 Å². The number of fused-ring (bicyclic) bond motifs is 2. The van der Waals surface area contributed by atoms with Crippen molar-refractivity contribution in [1.29, 1.82) is 0 Å². The SMILES string of the molecule is [2H]C([2H])([2H])n1ccnc1-c1cccc(-n2c(=O)n(-c3ccccc3)c3cc4c(cc32)n(-c2cc(C(C)(C)C)ccn2)c(=O)n4-c2ccccc2)c1. The third-order valence-electron chi connectivity index (χ3n) is 8.67. The van der Waals surface area contributed by atoms with Gasteiger partial charge < -0.3 is 4.57 Å². The molecule has 4 aromatic carbocycles. The normalized spacial score (nSPS) is 13.1. The Morgan fingerprint density at radius 1 is 0.583 bits per heavy atom. The zero-order chi connectivity index (χ0) is 35.7. The first-order chi connectivity index (χ1) is 24.4. The minimum absolute atomic E-state index is 0.195. The van der Waals surface area contributed by atoms with Crippen molar-refractivity contribution in [2.24, 2.45) is 6.98 Å². The third kappa shape index (κ3) is 4.62. The summed E-state index contributed by atoms with van der Waals surface area (Å²) in [5, 5.41) is 0. The van der Waals surface area contributed by atoms with Crippen LogP contribution in [0.2, 0.25) is 0 Å². The first-order valence-electron chi connectivity index (χ1n) is 17.1. The van der Waals surface area contributed by atoms with E-state index in [1.165, 1.54) is 12.4 Å². The van der Waals surface area contributed by atoms with Crippen molar-refractivity contribution in [2.75, 3.05) is 0 Å². The topological polar surface area (TPSA) is 84.6 Å². The Balaban J connectivity index is 1.48. The lowest BCUT2D eigenvalue weighted by atomic mass is 9.88. The van der Waals surface area contributed by atoms with Gasteiger partial charge in [0.15, 0.2) is 0 Å². The lowest BCUT2D eigenvalue weighted by Crippen LogP contribution is -2.23. The second-order valence-electron chi connectivity index (χ2n) is 12.7. The van der Waals surface area contributed by atoms with Gasteiger partial charge >= 0.3 is 11.4 Å². The number of imidazole rings is 3. The van der Waals surface area contributed by atoms with E-state index in [9.17, 15) is 9.59 Å². The summed E-state index contributed by atoms with van der Waals surface area (Å²) in [6.45, 7) is 3.88. The summed E-state index contributed by atoms with van der Waals surface area (Å²) in [4.78, 5) is 38.2. The molecule has 0 amide bonds. The zero-order valence-corrected chi connectivity index (χ0v) is 26.6. The summed E-state index contributed by atoms with van der Waals surface area (Å²) in [5.41, 5.74) is 4.78. The van der Waals surface area contributed by atoms with E-state index in [0.29, 0.717) is 50.5 Å². The number of para-hydroxylation sites is 2. The first kappa shape index (κ1) is 25.9. The third-order valence-corrected chi connectivity index (χ3v) is 8.67. The summed E-state index contributed by atoms with van der Waals surface area (Å²) < 4.78 is 31.6. The molecule has 0 fully saturated rings. The van der Waals surface area contributed by atoms with E-state index in [4.69, 9.17) is 4.11 Å². The van der Waals surface area contributed by atoms with E-state index in [2.05, 4.69) is 30.7 Å². The molecule has 4 aromatic heterocycles. The quantitative estimate of drug-likeness (QED) is 0.205. The number of rotatable bonds is 5. The van der Waals surface area contributed by atoms with Gasteiger partial charge in [-0.05, 0) is 71.6 Å². The standard InChI is InChI=1S/C39H33N7O2/c1-39(2,3)27-18-19-40-35(23-27)46-34-25-32-31(24-33(34)44(38(46)48)29-15-9-6-10-16-29)43(28-13-7-5-8-14-28)37(47)45(32)30-17-11-12-26(22-30)36-41-20-21-42(36)4/h5-25H,1-4H3/i4D3. The van der Waals surface area contributed by atoms with Gasteiger partial charge in [0.25, 0.3) is 0 Å². The highest BCUT2D eigenvalue weighted by Crippen LogP contribution is 2.31. The van der Waals surface area contributed by atoms with Crippen LogP contribution in [0.4, 0.5) is 0 Å². The van der Waals surface area contributed by atoms with E-state index >= 15 is 0 Å². The highest BCUT2D eigenvalue weighted by atomic mass is 16.2. The molecule has 0 spiro atoms. The van der Waals surface area contributed by atoms with Crippen LogP contribution in [-0.4, -0.2) is 32.8 Å². The van der Waals surface area contributed by atoms with Gasteiger partial charge in [-0.1, -0.05) is 69.3 Å². The number of benzene rings is 4. The number of aromatic nitrogens is 7. The fourth-order valence-electron chi connectivity index (χ4n) is 6.32. The van der Waals surface area contributed by atoms with Gasteiger partial charge in [-0.3, -0.25) is 13.7 Å². The van der Waals surface area contributed by atoms with E-state index in [0.717, 1.165) is 10.1 Å². The smallest absolute Gasteiger partial charge is 0.334 e. The highest BCUT2D eigenvalue weighted by Gasteiger charge is 2.24. The van der Waals surface area contributed by atoms with Crippen molar-refractivity contribution in [2.45, 2.75) is 26.2 Å². The number of aryl methyl sites for hydroxylation is 1. The van der Waals surface area contributed by atoms with Crippen molar-refractivity contribution >= 4 is 22.1 Å². The fourth-order valence-corrected chi connectivity index (χ4v) is 6.32. The molecule has 4 heterocycles. The highest BCUT2D eigenvalue weighted by molar-refractivity contribution is 5.95. The molecule has 0 bridgehead atoms. The summed E-state index contributed by atoms with van der Waals surface area (Å²) in [6.07, 6.45) is 4.57. The number of hydrogen-bond donors (Lipinski definition) is 0. The van der Waals surface area contributed by atoms with Crippen LogP contribution < -0.4 is 11.4 Å². The molecule has 236 valence electrons. The molecule has 0 aliphatic rings. The van der Waals surface area contributed by atoms with E-state index in [1.807, 2.05) is 84.9 Å². The fraction of sp³-hybridized carbons (Fsp3) is 0.128. The Morgan fingerprint density at radius 2 is 1.15 bits per heavy atom. The molecule has 0 aliphatic carbocycles. The number of hydrogen-bond acceptors (Lipinski definition) is 4. The Labute approximate surface area is 280 Å². The van der Waals surface area contributed by atoms with Crippen molar-refractivity contribution in [3.63, 3.8) is 0 Å². The monoisotopic (exact) mass is 634 g/mol. The molecule has 8 aromatic rings. The van der Waals surface area contributed by atoms with Crippen LogP contribution in [0.15, 0.2) is 137 Å². The molecular formula is C39H33N7O2. The maximum atomic E-state index is 14.7. The molecule has 0 saturated heterocycles. The predicted molar refractivity (Wildman–Crippen MR) is 190 cm³/mol. The Morgan fingerprint density at radius 3 is 1.75 bits per heavy atom. The summed E-state index contributed by atoms with van der Waals surface area (Å²) >= 11 is 0. The number of nitrogens with zero attached hydrogens (tertiary/aromatic N) is 7. The van der Waals surface area contributed by atoms with Crippen LogP contribution >= 0.6 is 0 Å². The van der Waals surface area contributed by atoms with Crippen LogP contribution in [0.1, 0.15) is 30.4 Å². The molecule has 0 aliphatic heterocycles. The second-order valence-corrected chi connectivity index (χ2v) is 12.7. The predicted octanol–water partition coefficient (Wildman–Crippen LogP) is 6.97. The molecule has 0 saturated carbocycles. The largest absolute Gasteiger partial charge is 0.339 e. The van der Waals surface area contributed by atoms with Crippen LogP contribution in [-0.2, 0) is 12.4 Å². The number of pyridine rings is 1. The first-order valence-corrected chi connectivity index (χ1v) is 15.6. The molecule has 0 atom stereocenters. The van der Waals surface area contributed by atoms with Gasteiger partial charge in [0.05, 0.1) is 39.1 Å². The van der Waals surface area contributed by atoms with Crippen LogP contribution in [0, 0.1) is 0 Å². The van der Waals surface area contributed by atoms with E-state index in [1.54, 1.807) is 48.7 Å². The van der Waals surface area contributed by atoms with Gasteiger partial charge in [-0.15, -0.1) is 0 Å². The van der Waals surface area contributed by atoms with Crippen LogP contribution in [0.5, 0.6) is 0 Å². The second kappa shape index (κ2) is 10.9. The molecule has 0 unspecified atom stereocenters. The molecule has 8 rings (SSSR count). The lowest BCUT2D eigenvalue weighted by Gasteiger charge is -2.19. The summed E-state index contributed by atoms with van der Waals surface area (Å²) in [5.74, 6) is 0.707. The molecule has 9 nitrogen and oxygen atoms in total. The van der Waals surface area contributed by atoms with Crippen LogP contribution in [0.25, 0.3) is 56.3 Å². The lowest BCUT2D eigenvalue weighted by molar-refractivity contribution is 0.588. The van der Waals surface area contributed by atoms with E-state index < -0.39 is 6.98 Å². The Kier molecular flexibility index (Phi) is 5.91. The van der Waals surface area contributed by atoms with Crippen molar-refractivity contribution in [1.82, 2.24) is 32.8 Å². The maximum Gasteiger partial charge on any atom is 0.339 e. The molecule has 9 heteroatoms. The maximum absolute atomic E-state index is 14.7. The van der Waals surface area contributed by atoms with Gasteiger partial charge in [-0.25, -0.2) is 24.1 Å². The van der Waals surface area contributed by atoms with Gasteiger partial charge in [0, 0.05) is 35.2 Å². The van der Waals surface area contributed by atoms with Crippen molar-refractivity contribution in [3.05, 3.63) is 154 Å². The zero-order valence-electron chi connectivity index (χ0n) is 29.6. The van der Waals surface area contributed by atoms with Crippen LogP contribution in [0.3, 0.4) is 0 Å². The Bertz CT molecular complexity index is 2710. The van der Waals surface area contributed by atoms with Gasteiger partial charge in [0.2, 0.25) is 0 Å². The average Bonchev–Trinajstić information content (AvgIpc) is 3.80. The van der Waals surface area contributed by atoms with Gasteiger partial charge in [0.1, 0.15) is 11.6 Å². The summed E-state index contributed by atoms with van der Waals surface area (Å²) in [6, 6.07) is 33.4. The summed E-state index contributed by atoms with van der Waals surface area (Å²) in [7, 11) is 0. The van der Waals surface area contributed by atoms with Gasteiger partial charge in [-0.2, -0.15) is 0 Å². The minimum atomic E-state index is -2.44. The average molecular weight is 635 g/mol. The molecule has 48 heavy (non-hydrogen) atoms. The minimum Gasteiger partial charge on any atom is -0.334 e. The van der Waals surface area contributed by atoms with Crippen molar-refractivity contribution in [3.8, 4) is 34.3 Å². The molecular weight excluding hydrogens is 598 g/mol. The Hall–Kier alpha value is -6.22. The van der Waals surface area contributed by atoms with E-state index in [-0.39, 0.29) is 22.6 Å². The molecule has 0 radical (unpaired) electrons.